The molecule has 2 atom stereocenters. The Morgan fingerprint density at radius 1 is 1.00 bits per heavy atom. The molecule has 1 nitrogen and oxygen atoms in total. The number of aryl methyl sites for hydroxylation is 1. The molecule has 1 rings (SSSR count). The smallest absolute Gasteiger partial charge is 0.00642 e. The highest BCUT2D eigenvalue weighted by atomic mass is 14.9. The van der Waals surface area contributed by atoms with E-state index >= 15 is 0 Å². The summed E-state index contributed by atoms with van der Waals surface area (Å²) in [5.74, 6) is 0.708. The van der Waals surface area contributed by atoms with Crippen molar-refractivity contribution < 1.29 is 0 Å². The lowest BCUT2D eigenvalue weighted by Crippen LogP contribution is -2.37. The van der Waals surface area contributed by atoms with Gasteiger partial charge in [0.2, 0.25) is 0 Å². The topological polar surface area (TPSA) is 12.0 Å². The number of hydrogen-bond donors (Lipinski definition) is 1. The molecule has 1 aromatic carbocycles. The molecule has 0 amide bonds. The fraction of sp³-hybridized carbons (Fsp3) is 0.600. The maximum absolute atomic E-state index is 3.65. The summed E-state index contributed by atoms with van der Waals surface area (Å²) in [6.45, 7) is 9.08. The van der Waals surface area contributed by atoms with E-state index in [4.69, 9.17) is 0 Å². The van der Waals surface area contributed by atoms with Crippen LogP contribution in [-0.2, 0) is 6.42 Å². The van der Waals surface area contributed by atoms with E-state index in [9.17, 15) is 0 Å². The van der Waals surface area contributed by atoms with E-state index in [0.29, 0.717) is 18.0 Å². The van der Waals surface area contributed by atoms with Crippen molar-refractivity contribution in [1.29, 1.82) is 0 Å². The van der Waals surface area contributed by atoms with Gasteiger partial charge in [-0.1, -0.05) is 44.2 Å². The molecule has 16 heavy (non-hydrogen) atoms. The van der Waals surface area contributed by atoms with Crippen LogP contribution >= 0.6 is 0 Å². The third kappa shape index (κ3) is 4.80. The van der Waals surface area contributed by atoms with Gasteiger partial charge in [-0.3, -0.25) is 0 Å². The molecular weight excluding hydrogens is 194 g/mol. The Bertz CT molecular complexity index is 279. The molecule has 0 saturated carbocycles. The fourth-order valence-corrected chi connectivity index (χ4v) is 1.75. The highest BCUT2D eigenvalue weighted by Gasteiger charge is 2.10. The first-order valence-corrected chi connectivity index (χ1v) is 6.39. The van der Waals surface area contributed by atoms with Gasteiger partial charge in [-0.05, 0) is 38.2 Å². The SMILES string of the molecule is CC(CCc1ccccc1)NC(C)C(C)C. The summed E-state index contributed by atoms with van der Waals surface area (Å²) in [7, 11) is 0. The molecule has 90 valence electrons. The van der Waals surface area contributed by atoms with Gasteiger partial charge in [0, 0.05) is 12.1 Å². The van der Waals surface area contributed by atoms with Crippen molar-refractivity contribution in [1.82, 2.24) is 5.32 Å². The third-order valence-corrected chi connectivity index (χ3v) is 3.26. The Morgan fingerprint density at radius 3 is 2.19 bits per heavy atom. The largest absolute Gasteiger partial charge is 0.312 e. The zero-order chi connectivity index (χ0) is 12.0. The highest BCUT2D eigenvalue weighted by molar-refractivity contribution is 5.14. The van der Waals surface area contributed by atoms with Crippen LogP contribution in [0.3, 0.4) is 0 Å². The monoisotopic (exact) mass is 219 g/mol. The predicted molar refractivity (Wildman–Crippen MR) is 71.7 cm³/mol. The van der Waals surface area contributed by atoms with Crippen LogP contribution in [0.5, 0.6) is 0 Å². The Hall–Kier alpha value is -0.820. The summed E-state index contributed by atoms with van der Waals surface area (Å²) in [5, 5.41) is 3.65. The molecule has 1 aromatic rings. The van der Waals surface area contributed by atoms with E-state index in [1.54, 1.807) is 0 Å². The van der Waals surface area contributed by atoms with Gasteiger partial charge in [-0.25, -0.2) is 0 Å². The third-order valence-electron chi connectivity index (χ3n) is 3.26. The average Bonchev–Trinajstić information content (AvgIpc) is 2.27. The molecule has 0 saturated heterocycles. The Morgan fingerprint density at radius 2 is 1.62 bits per heavy atom. The normalized spacial score (nSPS) is 15.1. The van der Waals surface area contributed by atoms with E-state index in [1.165, 1.54) is 18.4 Å². The summed E-state index contributed by atoms with van der Waals surface area (Å²) >= 11 is 0. The van der Waals surface area contributed by atoms with E-state index in [-0.39, 0.29) is 0 Å². The molecule has 0 aliphatic carbocycles. The molecular formula is C15H25N. The second-order valence-corrected chi connectivity index (χ2v) is 5.12. The molecule has 0 spiro atoms. The van der Waals surface area contributed by atoms with Crippen LogP contribution in [0.4, 0.5) is 0 Å². The van der Waals surface area contributed by atoms with E-state index in [0.717, 1.165) is 0 Å². The average molecular weight is 219 g/mol. The maximum atomic E-state index is 3.65. The van der Waals surface area contributed by atoms with Crippen molar-refractivity contribution in [2.45, 2.75) is 52.6 Å². The minimum Gasteiger partial charge on any atom is -0.312 e. The van der Waals surface area contributed by atoms with Crippen LogP contribution in [0.15, 0.2) is 30.3 Å². The van der Waals surface area contributed by atoms with Gasteiger partial charge in [0.25, 0.3) is 0 Å². The molecule has 2 unspecified atom stereocenters. The molecule has 0 radical (unpaired) electrons. The quantitative estimate of drug-likeness (QED) is 0.770. The number of hydrogen-bond acceptors (Lipinski definition) is 1. The molecule has 1 N–H and O–H groups in total. The first kappa shape index (κ1) is 13.2. The van der Waals surface area contributed by atoms with Gasteiger partial charge >= 0.3 is 0 Å². The molecule has 0 aliphatic heterocycles. The maximum Gasteiger partial charge on any atom is 0.00642 e. The van der Waals surface area contributed by atoms with Crippen molar-refractivity contribution in [3.63, 3.8) is 0 Å². The molecule has 0 bridgehead atoms. The number of rotatable bonds is 6. The van der Waals surface area contributed by atoms with Crippen molar-refractivity contribution in [3.05, 3.63) is 35.9 Å². The van der Waals surface area contributed by atoms with Crippen LogP contribution < -0.4 is 5.32 Å². The standard InChI is InChI=1S/C15H25N/c1-12(2)14(4)16-13(3)10-11-15-8-6-5-7-9-15/h5-9,12-14,16H,10-11H2,1-4H3. The Labute approximate surface area is 100 Å². The zero-order valence-corrected chi connectivity index (χ0v) is 11.0. The Balaban J connectivity index is 2.28. The second kappa shape index (κ2) is 6.70. The first-order chi connectivity index (χ1) is 7.59. The van der Waals surface area contributed by atoms with E-state index < -0.39 is 0 Å². The van der Waals surface area contributed by atoms with Gasteiger partial charge in [0.15, 0.2) is 0 Å². The molecule has 1 heteroatoms. The van der Waals surface area contributed by atoms with Crippen LogP contribution in [0.1, 0.15) is 39.7 Å². The van der Waals surface area contributed by atoms with Crippen LogP contribution in [0.25, 0.3) is 0 Å². The van der Waals surface area contributed by atoms with Gasteiger partial charge < -0.3 is 5.32 Å². The first-order valence-electron chi connectivity index (χ1n) is 6.39. The fourth-order valence-electron chi connectivity index (χ4n) is 1.75. The lowest BCUT2D eigenvalue weighted by Gasteiger charge is -2.22. The van der Waals surface area contributed by atoms with E-state index in [2.05, 4.69) is 63.3 Å². The van der Waals surface area contributed by atoms with Crippen LogP contribution in [-0.4, -0.2) is 12.1 Å². The summed E-state index contributed by atoms with van der Waals surface area (Å²) in [6, 6.07) is 11.9. The Kier molecular flexibility index (Phi) is 5.54. The summed E-state index contributed by atoms with van der Waals surface area (Å²) in [5.41, 5.74) is 1.44. The molecule has 0 aliphatic rings. The minimum atomic E-state index is 0.595. The van der Waals surface area contributed by atoms with Crippen LogP contribution in [0, 0.1) is 5.92 Å². The predicted octanol–water partition coefficient (Wildman–Crippen LogP) is 3.64. The van der Waals surface area contributed by atoms with Crippen molar-refractivity contribution in [3.8, 4) is 0 Å². The van der Waals surface area contributed by atoms with Crippen molar-refractivity contribution in [2.75, 3.05) is 0 Å². The molecule has 0 aromatic heterocycles. The van der Waals surface area contributed by atoms with Gasteiger partial charge in [0.1, 0.15) is 0 Å². The molecule has 0 fully saturated rings. The lowest BCUT2D eigenvalue weighted by molar-refractivity contribution is 0.373. The summed E-state index contributed by atoms with van der Waals surface area (Å²) in [6.07, 6.45) is 2.38. The lowest BCUT2D eigenvalue weighted by atomic mass is 10.0. The highest BCUT2D eigenvalue weighted by Crippen LogP contribution is 2.07. The summed E-state index contributed by atoms with van der Waals surface area (Å²) in [4.78, 5) is 0. The van der Waals surface area contributed by atoms with Crippen molar-refractivity contribution >= 4 is 0 Å². The van der Waals surface area contributed by atoms with Crippen molar-refractivity contribution in [2.24, 2.45) is 5.92 Å². The number of nitrogens with one attached hydrogen (secondary N) is 1. The van der Waals surface area contributed by atoms with Gasteiger partial charge in [-0.2, -0.15) is 0 Å². The molecule has 0 heterocycles. The summed E-state index contributed by atoms with van der Waals surface area (Å²) < 4.78 is 0. The second-order valence-electron chi connectivity index (χ2n) is 5.12. The number of benzene rings is 1. The van der Waals surface area contributed by atoms with E-state index in [1.807, 2.05) is 0 Å². The zero-order valence-electron chi connectivity index (χ0n) is 11.0. The minimum absolute atomic E-state index is 0.595. The van der Waals surface area contributed by atoms with Gasteiger partial charge in [-0.15, -0.1) is 0 Å². The van der Waals surface area contributed by atoms with Gasteiger partial charge in [0.05, 0.1) is 0 Å². The van der Waals surface area contributed by atoms with Crippen LogP contribution in [0.2, 0.25) is 0 Å².